The van der Waals surface area contributed by atoms with Gasteiger partial charge in [-0.05, 0) is 23.8 Å². The first kappa shape index (κ1) is 25.1. The summed E-state index contributed by atoms with van der Waals surface area (Å²) in [6, 6.07) is 9.03. The Hall–Kier alpha value is -0.960. The minimum Gasteiger partial charge on any atom is -0.406 e. The second-order valence-corrected chi connectivity index (χ2v) is 6.56. The molecule has 0 radical (unpaired) electrons. The zero-order chi connectivity index (χ0) is 18.7. The number of ether oxygens (including phenoxy) is 1. The van der Waals surface area contributed by atoms with Gasteiger partial charge in [0.25, 0.3) is 0 Å². The molecule has 1 aromatic carbocycles. The van der Waals surface area contributed by atoms with Crippen LogP contribution >= 0.6 is 48.0 Å². The minimum absolute atomic E-state index is 0. The predicted molar refractivity (Wildman–Crippen MR) is 108 cm³/mol. The number of piperazine rings is 1. The van der Waals surface area contributed by atoms with E-state index < -0.39 is 6.36 Å². The molecule has 0 bridgehead atoms. The van der Waals surface area contributed by atoms with Gasteiger partial charge in [0, 0.05) is 31.7 Å². The van der Waals surface area contributed by atoms with Crippen LogP contribution in [0.2, 0.25) is 10.3 Å². The summed E-state index contributed by atoms with van der Waals surface area (Å²) in [5.74, 6) is -0.263. The lowest BCUT2D eigenvalue weighted by molar-refractivity contribution is -0.274. The molecule has 0 saturated carbocycles. The fourth-order valence-corrected chi connectivity index (χ4v) is 3.45. The maximum absolute atomic E-state index is 12.4. The van der Waals surface area contributed by atoms with E-state index in [1.54, 1.807) is 24.3 Å². The molecule has 1 N–H and O–H groups in total. The third-order valence-electron chi connectivity index (χ3n) is 4.08. The van der Waals surface area contributed by atoms with Gasteiger partial charge in [0.15, 0.2) is 0 Å². The number of alkyl halides is 3. The van der Waals surface area contributed by atoms with Crippen molar-refractivity contribution in [2.45, 2.75) is 12.4 Å². The summed E-state index contributed by atoms with van der Waals surface area (Å²) in [6.45, 7) is 3.16. The van der Waals surface area contributed by atoms with Gasteiger partial charge in [-0.1, -0.05) is 41.4 Å². The van der Waals surface area contributed by atoms with Crippen LogP contribution in [0.4, 0.5) is 13.2 Å². The Morgan fingerprint density at radius 1 is 1.00 bits per heavy atom. The molecule has 11 heteroatoms. The standard InChI is InChI=1S/C17H16Cl2F3N3O.2ClH/c18-14-6-5-13(16(19)24-14)15(25-9-7-23-8-10-25)11-1-3-12(4-2-11)26-17(20,21)22;;/h1-6,15,23H,7-10H2;2*1H/t15-;;/m1../s1. The molecule has 0 amide bonds. The van der Waals surface area contributed by atoms with Crippen LogP contribution in [-0.2, 0) is 0 Å². The molecule has 4 nitrogen and oxygen atoms in total. The Bertz CT molecular complexity index is 756. The average Bonchev–Trinajstić information content (AvgIpc) is 2.58. The fraction of sp³-hybridized carbons (Fsp3) is 0.353. The number of nitrogens with zero attached hydrogens (tertiary/aromatic N) is 2. The lowest BCUT2D eigenvalue weighted by Gasteiger charge is -2.35. The Morgan fingerprint density at radius 2 is 1.61 bits per heavy atom. The molecular weight excluding hydrogens is 461 g/mol. The van der Waals surface area contributed by atoms with E-state index in [1.807, 2.05) is 0 Å². The number of rotatable bonds is 4. The number of aromatic nitrogens is 1. The fourth-order valence-electron chi connectivity index (χ4n) is 3.01. The highest BCUT2D eigenvalue weighted by Gasteiger charge is 2.31. The molecule has 0 unspecified atom stereocenters. The topological polar surface area (TPSA) is 37.4 Å². The van der Waals surface area contributed by atoms with Crippen LogP contribution in [0.3, 0.4) is 0 Å². The first-order chi connectivity index (χ1) is 12.3. The van der Waals surface area contributed by atoms with Gasteiger partial charge < -0.3 is 10.1 Å². The molecule has 28 heavy (non-hydrogen) atoms. The van der Waals surface area contributed by atoms with E-state index in [-0.39, 0.29) is 46.9 Å². The summed E-state index contributed by atoms with van der Waals surface area (Å²) < 4.78 is 41.1. The Balaban J connectivity index is 0.00000196. The first-order valence-corrected chi connectivity index (χ1v) is 8.71. The first-order valence-electron chi connectivity index (χ1n) is 7.96. The summed E-state index contributed by atoms with van der Waals surface area (Å²) in [4.78, 5) is 6.30. The van der Waals surface area contributed by atoms with E-state index in [1.165, 1.54) is 12.1 Å². The normalized spacial score (nSPS) is 15.9. The number of pyridine rings is 1. The highest BCUT2D eigenvalue weighted by molar-refractivity contribution is 6.32. The zero-order valence-corrected chi connectivity index (χ0v) is 17.5. The molecule has 1 aromatic heterocycles. The van der Waals surface area contributed by atoms with Crippen LogP contribution in [0.1, 0.15) is 17.2 Å². The number of benzene rings is 1. The highest BCUT2D eigenvalue weighted by Crippen LogP contribution is 2.34. The summed E-state index contributed by atoms with van der Waals surface area (Å²) >= 11 is 12.2. The summed E-state index contributed by atoms with van der Waals surface area (Å²) in [5.41, 5.74) is 1.55. The number of hydrogen-bond donors (Lipinski definition) is 1. The smallest absolute Gasteiger partial charge is 0.406 e. The van der Waals surface area contributed by atoms with Crippen molar-refractivity contribution in [3.63, 3.8) is 0 Å². The summed E-state index contributed by atoms with van der Waals surface area (Å²) in [6.07, 6.45) is -4.72. The van der Waals surface area contributed by atoms with E-state index in [0.29, 0.717) is 0 Å². The van der Waals surface area contributed by atoms with Gasteiger partial charge in [0.1, 0.15) is 16.1 Å². The molecule has 1 aliphatic heterocycles. The molecule has 1 saturated heterocycles. The highest BCUT2D eigenvalue weighted by atomic mass is 35.5. The van der Waals surface area contributed by atoms with E-state index >= 15 is 0 Å². The van der Waals surface area contributed by atoms with Crippen LogP contribution in [-0.4, -0.2) is 42.4 Å². The van der Waals surface area contributed by atoms with Crippen molar-refractivity contribution in [3.8, 4) is 5.75 Å². The van der Waals surface area contributed by atoms with E-state index in [0.717, 1.165) is 37.3 Å². The Kier molecular flexibility index (Phi) is 9.59. The minimum atomic E-state index is -4.72. The lowest BCUT2D eigenvalue weighted by atomic mass is 9.97. The van der Waals surface area contributed by atoms with E-state index in [2.05, 4.69) is 19.9 Å². The largest absolute Gasteiger partial charge is 0.573 e. The van der Waals surface area contributed by atoms with Crippen molar-refractivity contribution in [3.05, 3.63) is 57.8 Å². The van der Waals surface area contributed by atoms with Crippen molar-refractivity contribution in [1.82, 2.24) is 15.2 Å². The molecule has 1 aliphatic rings. The van der Waals surface area contributed by atoms with Crippen molar-refractivity contribution < 1.29 is 17.9 Å². The quantitative estimate of drug-likeness (QED) is 0.618. The Morgan fingerprint density at radius 3 is 2.14 bits per heavy atom. The molecule has 2 aromatic rings. The van der Waals surface area contributed by atoms with Gasteiger partial charge in [0.05, 0.1) is 6.04 Å². The van der Waals surface area contributed by atoms with Crippen LogP contribution < -0.4 is 10.1 Å². The monoisotopic (exact) mass is 477 g/mol. The average molecular weight is 479 g/mol. The molecule has 3 rings (SSSR count). The SMILES string of the molecule is Cl.Cl.FC(F)(F)Oc1ccc([C@H](c2ccc(Cl)nc2Cl)N2CCNCC2)cc1. The maximum atomic E-state index is 12.4. The van der Waals surface area contributed by atoms with Crippen molar-refractivity contribution in [2.24, 2.45) is 0 Å². The number of halogens is 7. The van der Waals surface area contributed by atoms with Crippen LogP contribution in [0, 0.1) is 0 Å². The molecule has 1 fully saturated rings. The zero-order valence-electron chi connectivity index (χ0n) is 14.4. The van der Waals surface area contributed by atoms with Crippen molar-refractivity contribution >= 4 is 48.0 Å². The predicted octanol–water partition coefficient (Wildman–Crippen LogP) is 5.13. The summed E-state index contributed by atoms with van der Waals surface area (Å²) in [7, 11) is 0. The molecule has 156 valence electrons. The van der Waals surface area contributed by atoms with Crippen molar-refractivity contribution in [2.75, 3.05) is 26.2 Å². The molecule has 0 aliphatic carbocycles. The molecule has 0 spiro atoms. The maximum Gasteiger partial charge on any atom is 0.573 e. The van der Waals surface area contributed by atoms with Crippen LogP contribution in [0.5, 0.6) is 5.75 Å². The van der Waals surface area contributed by atoms with E-state index in [4.69, 9.17) is 23.2 Å². The number of nitrogens with one attached hydrogen (secondary N) is 1. The second kappa shape index (κ2) is 10.7. The van der Waals surface area contributed by atoms with Gasteiger partial charge in [-0.15, -0.1) is 38.0 Å². The summed E-state index contributed by atoms with van der Waals surface area (Å²) in [5, 5.41) is 3.83. The third kappa shape index (κ3) is 6.54. The Labute approximate surface area is 183 Å². The second-order valence-electron chi connectivity index (χ2n) is 5.82. The van der Waals surface area contributed by atoms with Gasteiger partial charge >= 0.3 is 6.36 Å². The molecular formula is C17H18Cl4F3N3O. The van der Waals surface area contributed by atoms with Gasteiger partial charge in [0.2, 0.25) is 0 Å². The van der Waals surface area contributed by atoms with Crippen LogP contribution in [0.25, 0.3) is 0 Å². The lowest BCUT2D eigenvalue weighted by Crippen LogP contribution is -2.45. The van der Waals surface area contributed by atoms with Crippen LogP contribution in [0.15, 0.2) is 36.4 Å². The third-order valence-corrected chi connectivity index (χ3v) is 4.60. The number of hydrogen-bond acceptors (Lipinski definition) is 4. The van der Waals surface area contributed by atoms with Gasteiger partial charge in [-0.25, -0.2) is 4.98 Å². The van der Waals surface area contributed by atoms with Gasteiger partial charge in [-0.2, -0.15) is 0 Å². The van der Waals surface area contributed by atoms with Gasteiger partial charge in [-0.3, -0.25) is 4.90 Å². The molecule has 1 atom stereocenters. The molecule has 2 heterocycles. The van der Waals surface area contributed by atoms with E-state index in [9.17, 15) is 13.2 Å². The van der Waals surface area contributed by atoms with Crippen molar-refractivity contribution in [1.29, 1.82) is 0 Å².